The molecule has 2 heterocycles. The molecule has 0 spiro atoms. The molecule has 2 aromatic heterocycles. The van der Waals surface area contributed by atoms with E-state index in [1.807, 2.05) is 30.2 Å². The summed E-state index contributed by atoms with van der Waals surface area (Å²) in [5, 5.41) is 4.07. The molecule has 0 N–H and O–H groups in total. The number of carbonyl (C=O) groups is 1. The lowest BCUT2D eigenvalue weighted by atomic mass is 9.97. The highest BCUT2D eigenvalue weighted by atomic mass is 16.2. The molecule has 0 saturated heterocycles. The lowest BCUT2D eigenvalue weighted by Crippen LogP contribution is -2.36. The number of carbonyl (C=O) groups excluding carboxylic acids is 1. The molecule has 1 atom stereocenters. The average Bonchev–Trinajstić information content (AvgIpc) is 3.19. The van der Waals surface area contributed by atoms with E-state index in [-0.39, 0.29) is 11.9 Å². The van der Waals surface area contributed by atoms with Crippen molar-refractivity contribution in [2.24, 2.45) is 0 Å². The molecular weight excluding hydrogens is 326 g/mol. The highest BCUT2D eigenvalue weighted by Gasteiger charge is 2.25. The van der Waals surface area contributed by atoms with E-state index in [1.165, 1.54) is 11.9 Å². The molecular formula is C20H23N5O. The van der Waals surface area contributed by atoms with Crippen LogP contribution < -0.4 is 0 Å². The summed E-state index contributed by atoms with van der Waals surface area (Å²) in [5.41, 5.74) is 3.28. The number of nitrogens with zero attached hydrogens (tertiary/aromatic N) is 5. The Labute approximate surface area is 153 Å². The number of amides is 1. The lowest BCUT2D eigenvalue weighted by molar-refractivity contribution is -0.133. The first kappa shape index (κ1) is 17.8. The molecule has 0 aliphatic carbocycles. The summed E-state index contributed by atoms with van der Waals surface area (Å²) in [6.45, 7) is 5.20. The summed E-state index contributed by atoms with van der Waals surface area (Å²) in [6.07, 6.45) is 7.06. The van der Waals surface area contributed by atoms with Gasteiger partial charge in [0.25, 0.3) is 0 Å². The molecule has 0 saturated carbocycles. The molecule has 0 bridgehead atoms. The topological polar surface area (TPSA) is 63.9 Å². The van der Waals surface area contributed by atoms with Crippen molar-refractivity contribution in [2.45, 2.75) is 32.9 Å². The SMILES string of the molecule is CCN(C(=O)CCn1cncn1)[C@@H](c1ccc(C)cc1)c1cccnc1. The number of pyridine rings is 1. The summed E-state index contributed by atoms with van der Waals surface area (Å²) < 4.78 is 1.68. The van der Waals surface area contributed by atoms with E-state index in [2.05, 4.69) is 46.3 Å². The Kier molecular flexibility index (Phi) is 5.73. The van der Waals surface area contributed by atoms with Crippen molar-refractivity contribution in [3.8, 4) is 0 Å². The first-order valence-electron chi connectivity index (χ1n) is 8.77. The van der Waals surface area contributed by atoms with E-state index < -0.39 is 0 Å². The van der Waals surface area contributed by atoms with Crippen molar-refractivity contribution >= 4 is 5.91 Å². The maximum absolute atomic E-state index is 13.0. The smallest absolute Gasteiger partial charge is 0.225 e. The van der Waals surface area contributed by atoms with Crippen molar-refractivity contribution in [2.75, 3.05) is 6.54 Å². The fraction of sp³-hybridized carbons (Fsp3) is 0.300. The van der Waals surface area contributed by atoms with Crippen LogP contribution in [0.25, 0.3) is 0 Å². The van der Waals surface area contributed by atoms with Gasteiger partial charge in [-0.1, -0.05) is 35.9 Å². The van der Waals surface area contributed by atoms with Gasteiger partial charge in [-0.15, -0.1) is 0 Å². The molecule has 26 heavy (non-hydrogen) atoms. The van der Waals surface area contributed by atoms with Crippen LogP contribution in [0, 0.1) is 6.92 Å². The number of hydrogen-bond donors (Lipinski definition) is 0. The molecule has 1 amide bonds. The van der Waals surface area contributed by atoms with Crippen LogP contribution in [0.1, 0.15) is 36.1 Å². The highest BCUT2D eigenvalue weighted by Crippen LogP contribution is 2.29. The molecule has 0 radical (unpaired) electrons. The number of aryl methyl sites for hydroxylation is 2. The van der Waals surface area contributed by atoms with Crippen molar-refractivity contribution in [3.05, 3.63) is 78.1 Å². The summed E-state index contributed by atoms with van der Waals surface area (Å²) in [5.74, 6) is 0.0810. The molecule has 3 rings (SSSR count). The standard InChI is InChI=1S/C20H23N5O/c1-3-25(19(26)10-12-24-15-22-14-23-24)20(18-5-4-11-21-13-18)17-8-6-16(2)7-9-17/h4-9,11,13-15,20H,3,10,12H2,1-2H3/t20-/m0/s1. The zero-order valence-electron chi connectivity index (χ0n) is 15.1. The van der Waals surface area contributed by atoms with E-state index in [9.17, 15) is 4.79 Å². The van der Waals surface area contributed by atoms with Gasteiger partial charge >= 0.3 is 0 Å². The summed E-state index contributed by atoms with van der Waals surface area (Å²) >= 11 is 0. The minimum Gasteiger partial charge on any atom is -0.332 e. The molecule has 0 aliphatic rings. The summed E-state index contributed by atoms with van der Waals surface area (Å²) in [6, 6.07) is 12.1. The lowest BCUT2D eigenvalue weighted by Gasteiger charge is -2.32. The normalized spacial score (nSPS) is 11.9. The first-order chi connectivity index (χ1) is 12.7. The maximum atomic E-state index is 13.0. The van der Waals surface area contributed by atoms with Gasteiger partial charge in [0.15, 0.2) is 0 Å². The van der Waals surface area contributed by atoms with E-state index in [1.54, 1.807) is 17.2 Å². The molecule has 6 heteroatoms. The predicted molar refractivity (Wildman–Crippen MR) is 99.3 cm³/mol. The molecule has 3 aromatic rings. The molecule has 6 nitrogen and oxygen atoms in total. The van der Waals surface area contributed by atoms with E-state index in [0.717, 1.165) is 11.1 Å². The van der Waals surface area contributed by atoms with Gasteiger partial charge in [-0.05, 0) is 31.0 Å². The minimum atomic E-state index is -0.155. The van der Waals surface area contributed by atoms with E-state index in [4.69, 9.17) is 0 Å². The second-order valence-corrected chi connectivity index (χ2v) is 6.19. The van der Waals surface area contributed by atoms with Crippen molar-refractivity contribution in [1.29, 1.82) is 0 Å². The van der Waals surface area contributed by atoms with Crippen LogP contribution in [-0.2, 0) is 11.3 Å². The second-order valence-electron chi connectivity index (χ2n) is 6.19. The van der Waals surface area contributed by atoms with Crippen LogP contribution in [0.4, 0.5) is 0 Å². The first-order valence-corrected chi connectivity index (χ1v) is 8.77. The Bertz CT molecular complexity index is 815. The van der Waals surface area contributed by atoms with Crippen LogP contribution in [0.5, 0.6) is 0 Å². The van der Waals surface area contributed by atoms with Crippen molar-refractivity contribution < 1.29 is 4.79 Å². The third kappa shape index (κ3) is 4.14. The van der Waals surface area contributed by atoms with Crippen LogP contribution in [0.15, 0.2) is 61.4 Å². The van der Waals surface area contributed by atoms with Gasteiger partial charge in [0.05, 0.1) is 12.6 Å². The zero-order valence-corrected chi connectivity index (χ0v) is 15.1. The Morgan fingerprint density at radius 1 is 1.15 bits per heavy atom. The summed E-state index contributed by atoms with van der Waals surface area (Å²) in [4.78, 5) is 23.0. The largest absolute Gasteiger partial charge is 0.332 e. The van der Waals surface area contributed by atoms with Gasteiger partial charge in [-0.2, -0.15) is 5.10 Å². The number of hydrogen-bond acceptors (Lipinski definition) is 4. The third-order valence-electron chi connectivity index (χ3n) is 4.39. The minimum absolute atomic E-state index is 0.0810. The third-order valence-corrected chi connectivity index (χ3v) is 4.39. The Morgan fingerprint density at radius 3 is 2.58 bits per heavy atom. The van der Waals surface area contributed by atoms with Crippen LogP contribution in [0.2, 0.25) is 0 Å². The Morgan fingerprint density at radius 2 is 1.96 bits per heavy atom. The van der Waals surface area contributed by atoms with Gasteiger partial charge in [0.2, 0.25) is 5.91 Å². The molecule has 0 aliphatic heterocycles. The van der Waals surface area contributed by atoms with Crippen LogP contribution in [0.3, 0.4) is 0 Å². The van der Waals surface area contributed by atoms with Gasteiger partial charge < -0.3 is 4.90 Å². The fourth-order valence-corrected chi connectivity index (χ4v) is 3.04. The predicted octanol–water partition coefficient (Wildman–Crippen LogP) is 3.01. The number of aromatic nitrogens is 4. The highest BCUT2D eigenvalue weighted by molar-refractivity contribution is 5.77. The fourth-order valence-electron chi connectivity index (χ4n) is 3.04. The van der Waals surface area contributed by atoms with Crippen LogP contribution in [-0.4, -0.2) is 37.1 Å². The second kappa shape index (κ2) is 8.38. The van der Waals surface area contributed by atoms with E-state index >= 15 is 0 Å². The van der Waals surface area contributed by atoms with Crippen LogP contribution >= 0.6 is 0 Å². The average molecular weight is 349 g/mol. The maximum Gasteiger partial charge on any atom is 0.225 e. The molecule has 0 unspecified atom stereocenters. The van der Waals surface area contributed by atoms with Gasteiger partial charge in [-0.3, -0.25) is 14.5 Å². The van der Waals surface area contributed by atoms with E-state index in [0.29, 0.717) is 19.5 Å². The van der Waals surface area contributed by atoms with Crippen molar-refractivity contribution in [3.63, 3.8) is 0 Å². The molecule has 1 aromatic carbocycles. The molecule has 134 valence electrons. The summed E-state index contributed by atoms with van der Waals surface area (Å²) in [7, 11) is 0. The Hall–Kier alpha value is -3.02. The zero-order chi connectivity index (χ0) is 18.4. The van der Waals surface area contributed by atoms with Gasteiger partial charge in [0.1, 0.15) is 12.7 Å². The quantitative estimate of drug-likeness (QED) is 0.658. The van der Waals surface area contributed by atoms with Gasteiger partial charge in [0, 0.05) is 25.4 Å². The molecule has 0 fully saturated rings. The Balaban J connectivity index is 1.88. The number of benzene rings is 1. The van der Waals surface area contributed by atoms with Crippen molar-refractivity contribution in [1.82, 2.24) is 24.6 Å². The monoisotopic (exact) mass is 349 g/mol. The number of rotatable bonds is 7. The van der Waals surface area contributed by atoms with Gasteiger partial charge in [-0.25, -0.2) is 4.98 Å².